The topological polar surface area (TPSA) is 40.1 Å². The van der Waals surface area contributed by atoms with Crippen molar-refractivity contribution >= 4 is 5.78 Å². The van der Waals surface area contributed by atoms with E-state index in [1.54, 1.807) is 36.4 Å². The van der Waals surface area contributed by atoms with Crippen molar-refractivity contribution in [2.45, 2.75) is 6.61 Å². The summed E-state index contributed by atoms with van der Waals surface area (Å²) in [5.74, 6) is -0.0157. The molecule has 0 heterocycles. The molecule has 0 radical (unpaired) electrons. The maximum Gasteiger partial charge on any atom is 0.193 e. The maximum atomic E-state index is 12.0. The molecule has 0 spiro atoms. The van der Waals surface area contributed by atoms with E-state index in [2.05, 4.69) is 0 Å². The van der Waals surface area contributed by atoms with Gasteiger partial charge in [-0.25, -0.2) is 0 Å². The van der Waals surface area contributed by atoms with Gasteiger partial charge in [-0.15, -0.1) is 6.61 Å². The first-order chi connectivity index (χ1) is 7.81. The van der Waals surface area contributed by atoms with Crippen LogP contribution in [0.5, 0.6) is 0 Å². The fourth-order valence-electron chi connectivity index (χ4n) is 1.51. The molecule has 16 heavy (non-hydrogen) atoms. The van der Waals surface area contributed by atoms with E-state index < -0.39 is 0 Å². The number of rotatable bonds is 3. The van der Waals surface area contributed by atoms with Crippen molar-refractivity contribution in [3.63, 3.8) is 0 Å². The lowest BCUT2D eigenvalue weighted by molar-refractivity contribution is -0.386. The van der Waals surface area contributed by atoms with E-state index in [9.17, 15) is 9.90 Å². The van der Waals surface area contributed by atoms with Crippen LogP contribution < -0.4 is 5.11 Å². The number of ketones is 1. The van der Waals surface area contributed by atoms with Crippen molar-refractivity contribution in [1.82, 2.24) is 0 Å². The van der Waals surface area contributed by atoms with Crippen LogP contribution in [0.2, 0.25) is 0 Å². The third-order valence-electron chi connectivity index (χ3n) is 2.42. The molecular weight excluding hydrogens is 200 g/mol. The predicted molar refractivity (Wildman–Crippen MR) is 60.0 cm³/mol. The number of benzene rings is 2. The van der Waals surface area contributed by atoms with E-state index in [0.29, 0.717) is 16.7 Å². The Kier molecular flexibility index (Phi) is 3.13. The molecule has 0 aliphatic rings. The molecule has 0 saturated heterocycles. The molecule has 0 aromatic heterocycles. The Morgan fingerprint density at radius 1 is 0.875 bits per heavy atom. The molecule has 2 aromatic carbocycles. The van der Waals surface area contributed by atoms with Crippen molar-refractivity contribution in [2.75, 3.05) is 0 Å². The maximum absolute atomic E-state index is 12.0. The Bertz CT molecular complexity index is 472. The second-order valence-corrected chi connectivity index (χ2v) is 3.54. The molecule has 2 rings (SSSR count). The van der Waals surface area contributed by atoms with Crippen LogP contribution in [0.15, 0.2) is 54.6 Å². The SMILES string of the molecule is O=C(c1ccccc1)c1ccc(C[O-])cc1. The summed E-state index contributed by atoms with van der Waals surface area (Å²) in [5.41, 5.74) is 1.98. The summed E-state index contributed by atoms with van der Waals surface area (Å²) in [6.07, 6.45) is 0. The van der Waals surface area contributed by atoms with Gasteiger partial charge in [0.1, 0.15) is 0 Å². The second kappa shape index (κ2) is 4.73. The van der Waals surface area contributed by atoms with Crippen LogP contribution in [0.25, 0.3) is 0 Å². The van der Waals surface area contributed by atoms with Crippen LogP contribution in [0.3, 0.4) is 0 Å². The Hall–Kier alpha value is -1.93. The largest absolute Gasteiger partial charge is 0.851 e. The zero-order chi connectivity index (χ0) is 11.4. The monoisotopic (exact) mass is 211 g/mol. The quantitative estimate of drug-likeness (QED) is 0.726. The van der Waals surface area contributed by atoms with E-state index in [0.717, 1.165) is 0 Å². The molecule has 0 N–H and O–H groups in total. The summed E-state index contributed by atoms with van der Waals surface area (Å²) in [6, 6.07) is 15.9. The Morgan fingerprint density at radius 2 is 1.44 bits per heavy atom. The first kappa shape index (κ1) is 10.6. The molecule has 0 unspecified atom stereocenters. The van der Waals surface area contributed by atoms with E-state index in [1.807, 2.05) is 18.2 Å². The van der Waals surface area contributed by atoms with Crippen LogP contribution in [0.1, 0.15) is 21.5 Å². The lowest BCUT2D eigenvalue weighted by Gasteiger charge is -2.05. The Morgan fingerprint density at radius 3 is 2.00 bits per heavy atom. The van der Waals surface area contributed by atoms with Gasteiger partial charge >= 0.3 is 0 Å². The van der Waals surface area contributed by atoms with Crippen molar-refractivity contribution in [1.29, 1.82) is 0 Å². The van der Waals surface area contributed by atoms with Gasteiger partial charge in [0.05, 0.1) is 0 Å². The number of hydrogen-bond acceptors (Lipinski definition) is 2. The van der Waals surface area contributed by atoms with Gasteiger partial charge in [0.25, 0.3) is 0 Å². The fraction of sp³-hybridized carbons (Fsp3) is 0.0714. The lowest BCUT2D eigenvalue weighted by atomic mass is 10.0. The van der Waals surface area contributed by atoms with Crippen molar-refractivity contribution < 1.29 is 9.90 Å². The number of carbonyl (C=O) groups excluding carboxylic acids is 1. The molecule has 0 bridgehead atoms. The molecule has 0 saturated carbocycles. The van der Waals surface area contributed by atoms with Gasteiger partial charge in [0, 0.05) is 11.1 Å². The second-order valence-electron chi connectivity index (χ2n) is 3.54. The zero-order valence-corrected chi connectivity index (χ0v) is 8.72. The third-order valence-corrected chi connectivity index (χ3v) is 2.42. The number of carbonyl (C=O) groups is 1. The summed E-state index contributed by atoms with van der Waals surface area (Å²) < 4.78 is 0. The average molecular weight is 211 g/mol. The van der Waals surface area contributed by atoms with Gasteiger partial charge in [-0.1, -0.05) is 60.2 Å². The predicted octanol–water partition coefficient (Wildman–Crippen LogP) is 1.78. The van der Waals surface area contributed by atoms with Crippen molar-refractivity contribution in [2.24, 2.45) is 0 Å². The average Bonchev–Trinajstić information content (AvgIpc) is 2.39. The minimum atomic E-state index is -0.250. The first-order valence-corrected chi connectivity index (χ1v) is 5.08. The summed E-state index contributed by atoms with van der Waals surface area (Å²) in [5, 5.41) is 10.6. The zero-order valence-electron chi connectivity index (χ0n) is 8.72. The highest BCUT2D eigenvalue weighted by atomic mass is 16.3. The molecule has 2 heteroatoms. The standard InChI is InChI=1S/C14H11O2/c15-10-11-6-8-13(9-7-11)14(16)12-4-2-1-3-5-12/h1-9H,10H2/q-1. The van der Waals surface area contributed by atoms with E-state index >= 15 is 0 Å². The molecule has 0 aliphatic heterocycles. The summed E-state index contributed by atoms with van der Waals surface area (Å²) in [4.78, 5) is 12.0. The highest BCUT2D eigenvalue weighted by Crippen LogP contribution is 2.10. The van der Waals surface area contributed by atoms with Crippen LogP contribution in [0, 0.1) is 0 Å². The van der Waals surface area contributed by atoms with Gasteiger partial charge in [-0.05, 0) is 0 Å². The smallest absolute Gasteiger partial charge is 0.193 e. The molecular formula is C14H11O2-. The number of hydrogen-bond donors (Lipinski definition) is 0. The van der Waals surface area contributed by atoms with E-state index in [1.165, 1.54) is 0 Å². The lowest BCUT2D eigenvalue weighted by Crippen LogP contribution is -2.04. The molecule has 0 aliphatic carbocycles. The van der Waals surface area contributed by atoms with Crippen LogP contribution >= 0.6 is 0 Å². The van der Waals surface area contributed by atoms with Gasteiger partial charge in [-0.2, -0.15) is 0 Å². The van der Waals surface area contributed by atoms with Crippen LogP contribution in [-0.4, -0.2) is 5.78 Å². The van der Waals surface area contributed by atoms with Crippen LogP contribution in [0.4, 0.5) is 0 Å². The van der Waals surface area contributed by atoms with E-state index in [-0.39, 0.29) is 12.4 Å². The summed E-state index contributed by atoms with van der Waals surface area (Å²) in [6.45, 7) is -0.250. The molecule has 0 fully saturated rings. The summed E-state index contributed by atoms with van der Waals surface area (Å²) in [7, 11) is 0. The fourth-order valence-corrected chi connectivity index (χ4v) is 1.51. The van der Waals surface area contributed by atoms with Gasteiger partial charge in [0.15, 0.2) is 5.78 Å². The Labute approximate surface area is 94.2 Å². The normalized spacial score (nSPS) is 10.1. The minimum Gasteiger partial charge on any atom is -0.851 e. The molecule has 0 atom stereocenters. The molecule has 2 aromatic rings. The highest BCUT2D eigenvalue weighted by molar-refractivity contribution is 6.08. The van der Waals surface area contributed by atoms with Crippen molar-refractivity contribution in [3.8, 4) is 0 Å². The van der Waals surface area contributed by atoms with Gasteiger partial charge in [-0.3, -0.25) is 4.79 Å². The molecule has 0 amide bonds. The van der Waals surface area contributed by atoms with Crippen LogP contribution in [-0.2, 0) is 6.61 Å². The first-order valence-electron chi connectivity index (χ1n) is 5.08. The van der Waals surface area contributed by atoms with Gasteiger partial charge < -0.3 is 5.11 Å². The minimum absolute atomic E-state index is 0.0157. The molecule has 2 nitrogen and oxygen atoms in total. The van der Waals surface area contributed by atoms with Gasteiger partial charge in [0.2, 0.25) is 0 Å². The Balaban J connectivity index is 2.28. The molecule has 80 valence electrons. The van der Waals surface area contributed by atoms with E-state index in [4.69, 9.17) is 0 Å². The third kappa shape index (κ3) is 2.18. The highest BCUT2D eigenvalue weighted by Gasteiger charge is 2.06. The summed E-state index contributed by atoms with van der Waals surface area (Å²) >= 11 is 0. The van der Waals surface area contributed by atoms with Crippen molar-refractivity contribution in [3.05, 3.63) is 71.3 Å².